The topological polar surface area (TPSA) is 111 Å². The van der Waals surface area contributed by atoms with Crippen molar-refractivity contribution in [2.75, 3.05) is 0 Å². The van der Waals surface area contributed by atoms with Gasteiger partial charge in [-0.15, -0.1) is 0 Å². The van der Waals surface area contributed by atoms with Gasteiger partial charge in [0, 0.05) is 18.2 Å². The van der Waals surface area contributed by atoms with E-state index in [1.54, 1.807) is 30.3 Å². The summed E-state index contributed by atoms with van der Waals surface area (Å²) in [6.45, 7) is -1.67. The van der Waals surface area contributed by atoms with E-state index in [4.69, 9.17) is 4.74 Å². The maximum Gasteiger partial charge on any atom is 0.408 e. The van der Waals surface area contributed by atoms with Gasteiger partial charge in [-0.25, -0.2) is 14.3 Å². The number of nitrogens with zero attached hydrogens (tertiary/aromatic N) is 2. The second-order valence-corrected chi connectivity index (χ2v) is 7.34. The molecule has 0 aliphatic carbocycles. The van der Waals surface area contributed by atoms with E-state index >= 15 is 0 Å². The molecule has 1 heterocycles. The first-order valence-corrected chi connectivity index (χ1v) is 9.86. The first-order valence-electron chi connectivity index (χ1n) is 9.86. The summed E-state index contributed by atoms with van der Waals surface area (Å²) in [7, 11) is 0. The van der Waals surface area contributed by atoms with Gasteiger partial charge >= 0.3 is 18.6 Å². The third-order valence-electron chi connectivity index (χ3n) is 4.92. The number of rotatable bonds is 9. The monoisotopic (exact) mass is 457 g/mol. The van der Waals surface area contributed by atoms with Crippen molar-refractivity contribution < 1.29 is 33.0 Å². The minimum absolute atomic E-state index is 0.0878. The number of alkyl halides is 2. The largest absolute Gasteiger partial charge is 0.479 e. The number of carbonyl (C=O) groups is 3. The fourth-order valence-corrected chi connectivity index (χ4v) is 3.32. The molecule has 0 bridgehead atoms. The fourth-order valence-electron chi connectivity index (χ4n) is 3.32. The average molecular weight is 457 g/mol. The molecule has 172 valence electrons. The molecule has 0 spiro atoms. The van der Waals surface area contributed by atoms with Crippen molar-refractivity contribution in [1.82, 2.24) is 15.1 Å². The standard InChI is InChI=1S/C23H21F2N3O5/c1-15(29)11-23(20(30)31,27-22(32)33-14-16-5-3-2-4-6-16)19-9-7-17(8-10-19)18-12-26-28(13-18)21(24)25/h2-10,12-13,21H,11,14H2,1H3,(H,27,32)(H,30,31)/t23-/m1/s1. The van der Waals surface area contributed by atoms with Crippen LogP contribution in [0.2, 0.25) is 0 Å². The van der Waals surface area contributed by atoms with E-state index < -0.39 is 36.4 Å². The third-order valence-corrected chi connectivity index (χ3v) is 4.92. The molecule has 1 atom stereocenters. The predicted molar refractivity (Wildman–Crippen MR) is 113 cm³/mol. The summed E-state index contributed by atoms with van der Waals surface area (Å²) >= 11 is 0. The summed E-state index contributed by atoms with van der Waals surface area (Å²) in [6.07, 6.45) is 0.870. The first kappa shape index (κ1) is 23.6. The van der Waals surface area contributed by atoms with Crippen LogP contribution in [0.4, 0.5) is 13.6 Å². The first-order chi connectivity index (χ1) is 15.7. The lowest BCUT2D eigenvalue weighted by atomic mass is 9.84. The number of aliphatic carboxylic acids is 1. The summed E-state index contributed by atoms with van der Waals surface area (Å²) < 4.78 is 31.2. The van der Waals surface area contributed by atoms with Crippen LogP contribution in [-0.4, -0.2) is 32.7 Å². The normalized spacial score (nSPS) is 12.7. The lowest BCUT2D eigenvalue weighted by Gasteiger charge is -2.30. The van der Waals surface area contributed by atoms with Crippen LogP contribution >= 0.6 is 0 Å². The predicted octanol–water partition coefficient (Wildman–Crippen LogP) is 4.13. The molecular weight excluding hydrogens is 436 g/mol. The van der Waals surface area contributed by atoms with Crippen LogP contribution in [0, 0.1) is 0 Å². The Labute approximate surface area is 187 Å². The van der Waals surface area contributed by atoms with Gasteiger partial charge in [-0.1, -0.05) is 54.6 Å². The molecule has 0 radical (unpaired) electrons. The minimum atomic E-state index is -2.79. The van der Waals surface area contributed by atoms with Gasteiger partial charge in [-0.3, -0.25) is 4.79 Å². The van der Waals surface area contributed by atoms with Crippen LogP contribution in [-0.2, 0) is 26.5 Å². The third kappa shape index (κ3) is 5.59. The highest BCUT2D eigenvalue weighted by Gasteiger charge is 2.43. The van der Waals surface area contributed by atoms with E-state index in [1.807, 2.05) is 0 Å². The van der Waals surface area contributed by atoms with Gasteiger partial charge in [0.05, 0.1) is 6.20 Å². The van der Waals surface area contributed by atoms with E-state index in [9.17, 15) is 28.3 Å². The van der Waals surface area contributed by atoms with Gasteiger partial charge in [0.1, 0.15) is 12.4 Å². The van der Waals surface area contributed by atoms with Gasteiger partial charge in [-0.05, 0) is 23.6 Å². The summed E-state index contributed by atoms with van der Waals surface area (Å²) in [4.78, 5) is 36.7. The lowest BCUT2D eigenvalue weighted by Crippen LogP contribution is -2.53. The maximum atomic E-state index is 12.8. The molecular formula is C23H21F2N3O5. The number of halogens is 2. The molecule has 10 heteroatoms. The Morgan fingerprint density at radius 1 is 1.09 bits per heavy atom. The number of hydrogen-bond acceptors (Lipinski definition) is 5. The molecule has 8 nitrogen and oxygen atoms in total. The van der Waals surface area contributed by atoms with Crippen molar-refractivity contribution in [3.8, 4) is 11.1 Å². The number of carboxylic acids is 1. The van der Waals surface area contributed by atoms with Gasteiger partial charge in [0.25, 0.3) is 0 Å². The Morgan fingerprint density at radius 2 is 1.76 bits per heavy atom. The van der Waals surface area contributed by atoms with Gasteiger partial charge < -0.3 is 15.2 Å². The van der Waals surface area contributed by atoms with Gasteiger partial charge in [-0.2, -0.15) is 13.9 Å². The van der Waals surface area contributed by atoms with Crippen molar-refractivity contribution in [1.29, 1.82) is 0 Å². The van der Waals surface area contributed by atoms with Gasteiger partial charge in [0.2, 0.25) is 0 Å². The van der Waals surface area contributed by atoms with Crippen LogP contribution in [0.3, 0.4) is 0 Å². The van der Waals surface area contributed by atoms with E-state index in [1.165, 1.54) is 37.4 Å². The Bertz CT molecular complexity index is 1130. The number of Topliss-reactive ketones (excluding diaryl/α,β-unsaturated/α-hetero) is 1. The number of aromatic nitrogens is 2. The summed E-state index contributed by atoms with van der Waals surface area (Å²) in [5.41, 5.74) is -0.365. The molecule has 0 unspecified atom stereocenters. The molecule has 0 aliphatic rings. The molecule has 0 saturated heterocycles. The summed E-state index contributed by atoms with van der Waals surface area (Å²) in [6, 6.07) is 14.6. The number of hydrogen-bond donors (Lipinski definition) is 2. The summed E-state index contributed by atoms with van der Waals surface area (Å²) in [5.74, 6) is -1.92. The average Bonchev–Trinajstić information content (AvgIpc) is 3.28. The molecule has 3 aromatic rings. The molecule has 0 saturated carbocycles. The molecule has 2 N–H and O–H groups in total. The molecule has 1 amide bonds. The number of alkyl carbamates (subject to hydrolysis) is 1. The van der Waals surface area contributed by atoms with Crippen LogP contribution in [0.15, 0.2) is 67.0 Å². The Morgan fingerprint density at radius 3 is 2.30 bits per heavy atom. The van der Waals surface area contributed by atoms with Crippen molar-refractivity contribution in [3.63, 3.8) is 0 Å². The Kier molecular flexibility index (Phi) is 7.17. The second kappa shape index (κ2) is 10.0. The van der Waals surface area contributed by atoms with Crippen molar-refractivity contribution in [2.45, 2.75) is 32.0 Å². The molecule has 0 fully saturated rings. The SMILES string of the molecule is CC(=O)C[C@](NC(=O)OCc1ccccc1)(C(=O)O)c1ccc(-c2cnn(C(F)F)c2)cc1. The number of ether oxygens (including phenoxy) is 1. The number of carbonyl (C=O) groups excluding carboxylic acids is 2. The van der Waals surface area contributed by atoms with E-state index in [-0.39, 0.29) is 12.2 Å². The van der Waals surface area contributed by atoms with Crippen molar-refractivity contribution in [3.05, 3.63) is 78.1 Å². The van der Waals surface area contributed by atoms with Crippen LogP contribution in [0.1, 0.15) is 31.0 Å². The Balaban J connectivity index is 1.86. The van der Waals surface area contributed by atoms with Crippen molar-refractivity contribution >= 4 is 17.8 Å². The van der Waals surface area contributed by atoms with Crippen LogP contribution < -0.4 is 5.32 Å². The zero-order chi connectivity index (χ0) is 24.0. The zero-order valence-electron chi connectivity index (χ0n) is 17.6. The Hall–Kier alpha value is -4.08. The molecule has 3 rings (SSSR count). The summed E-state index contributed by atoms with van der Waals surface area (Å²) in [5, 5.41) is 15.9. The number of amides is 1. The number of nitrogens with one attached hydrogen (secondary N) is 1. The smallest absolute Gasteiger partial charge is 0.408 e. The van der Waals surface area contributed by atoms with E-state index in [0.717, 1.165) is 6.20 Å². The van der Waals surface area contributed by atoms with E-state index in [2.05, 4.69) is 10.4 Å². The van der Waals surface area contributed by atoms with Crippen molar-refractivity contribution in [2.24, 2.45) is 0 Å². The highest BCUT2D eigenvalue weighted by molar-refractivity contribution is 5.92. The van der Waals surface area contributed by atoms with Crippen LogP contribution in [0.25, 0.3) is 11.1 Å². The molecule has 33 heavy (non-hydrogen) atoms. The van der Waals surface area contributed by atoms with E-state index in [0.29, 0.717) is 21.4 Å². The fraction of sp³-hybridized carbons (Fsp3) is 0.217. The minimum Gasteiger partial charge on any atom is -0.479 e. The van der Waals surface area contributed by atoms with Gasteiger partial charge in [0.15, 0.2) is 5.54 Å². The number of benzene rings is 2. The molecule has 1 aromatic heterocycles. The number of ketones is 1. The molecule has 0 aliphatic heterocycles. The maximum absolute atomic E-state index is 12.8. The number of carboxylic acid groups (broad SMARTS) is 1. The second-order valence-electron chi connectivity index (χ2n) is 7.34. The zero-order valence-corrected chi connectivity index (χ0v) is 17.6. The highest BCUT2D eigenvalue weighted by atomic mass is 19.3. The quantitative estimate of drug-likeness (QED) is 0.500. The lowest BCUT2D eigenvalue weighted by molar-refractivity contribution is -0.147. The molecule has 2 aromatic carbocycles. The van der Waals surface area contributed by atoms with Crippen LogP contribution in [0.5, 0.6) is 0 Å². The highest BCUT2D eigenvalue weighted by Crippen LogP contribution is 2.30.